The van der Waals surface area contributed by atoms with Gasteiger partial charge >= 0.3 is 0 Å². The van der Waals surface area contributed by atoms with Gasteiger partial charge in [-0.15, -0.1) is 0 Å². The van der Waals surface area contributed by atoms with E-state index < -0.39 is 0 Å². The van der Waals surface area contributed by atoms with Crippen LogP contribution in [0.25, 0.3) is 0 Å². The van der Waals surface area contributed by atoms with Gasteiger partial charge in [0.2, 0.25) is 0 Å². The molecular formula is C11H18N2. The van der Waals surface area contributed by atoms with Crippen molar-refractivity contribution in [1.29, 1.82) is 0 Å². The number of hydrogen-bond acceptors (Lipinski definition) is 2. The number of nitrogens with one attached hydrogen (secondary N) is 2. The van der Waals surface area contributed by atoms with Crippen molar-refractivity contribution in [3.8, 4) is 0 Å². The Morgan fingerprint density at radius 3 is 2.38 bits per heavy atom. The van der Waals surface area contributed by atoms with Crippen LogP contribution >= 0.6 is 0 Å². The van der Waals surface area contributed by atoms with Gasteiger partial charge in [0, 0.05) is 12.6 Å². The van der Waals surface area contributed by atoms with Crippen LogP contribution in [0, 0.1) is 0 Å². The predicted octanol–water partition coefficient (Wildman–Crippen LogP) is 1.04. The maximum Gasteiger partial charge on any atom is 0.0229 e. The molecule has 13 heavy (non-hydrogen) atoms. The zero-order chi connectivity index (χ0) is 9.52. The lowest BCUT2D eigenvalue weighted by Gasteiger charge is -2.15. The minimum atomic E-state index is 0.521. The molecule has 0 radical (unpaired) electrons. The Morgan fingerprint density at radius 2 is 1.85 bits per heavy atom. The van der Waals surface area contributed by atoms with Crippen LogP contribution in [0.1, 0.15) is 5.56 Å². The monoisotopic (exact) mass is 178 g/mol. The highest BCUT2D eigenvalue weighted by Gasteiger charge is 2.04. The fraction of sp³-hybridized carbons (Fsp3) is 0.455. The molecule has 0 saturated carbocycles. The highest BCUT2D eigenvalue weighted by atomic mass is 14.9. The average molecular weight is 178 g/mol. The average Bonchev–Trinajstić information content (AvgIpc) is 2.19. The van der Waals surface area contributed by atoms with Gasteiger partial charge in [-0.2, -0.15) is 0 Å². The molecule has 0 spiro atoms. The molecule has 1 aromatic carbocycles. The third kappa shape index (κ3) is 3.57. The molecular weight excluding hydrogens is 160 g/mol. The Hall–Kier alpha value is -0.860. The van der Waals surface area contributed by atoms with Crippen LogP contribution < -0.4 is 10.6 Å². The minimum absolute atomic E-state index is 0.521. The molecule has 2 nitrogen and oxygen atoms in total. The van der Waals surface area contributed by atoms with E-state index in [0.717, 1.165) is 13.0 Å². The standard InChI is InChI=1S/C11H18N2/c1-12-9-11(13-2)8-10-6-4-3-5-7-10/h3-7,11-13H,8-9H2,1-2H3/t11-/m0/s1. The maximum absolute atomic E-state index is 3.29. The SMILES string of the molecule is CNC[C@H](Cc1ccccc1)NC. The highest BCUT2D eigenvalue weighted by Crippen LogP contribution is 2.01. The summed E-state index contributed by atoms with van der Waals surface area (Å²) in [6.45, 7) is 1.01. The Balaban J connectivity index is 2.46. The lowest BCUT2D eigenvalue weighted by atomic mass is 10.1. The smallest absolute Gasteiger partial charge is 0.0229 e. The summed E-state index contributed by atoms with van der Waals surface area (Å²) in [4.78, 5) is 0. The van der Waals surface area contributed by atoms with Gasteiger partial charge in [-0.25, -0.2) is 0 Å². The van der Waals surface area contributed by atoms with E-state index in [0.29, 0.717) is 6.04 Å². The van der Waals surface area contributed by atoms with Crippen LogP contribution in [0.3, 0.4) is 0 Å². The van der Waals surface area contributed by atoms with Gasteiger partial charge in [0.1, 0.15) is 0 Å². The predicted molar refractivity (Wildman–Crippen MR) is 56.9 cm³/mol. The first-order valence-electron chi connectivity index (χ1n) is 4.72. The molecule has 0 fully saturated rings. The van der Waals surface area contributed by atoms with Crippen LogP contribution in [0.5, 0.6) is 0 Å². The first-order valence-corrected chi connectivity index (χ1v) is 4.72. The van der Waals surface area contributed by atoms with Crippen LogP contribution in [0.15, 0.2) is 30.3 Å². The van der Waals surface area contributed by atoms with Crippen LogP contribution in [-0.4, -0.2) is 26.7 Å². The van der Waals surface area contributed by atoms with E-state index in [1.54, 1.807) is 0 Å². The second kappa shape index (κ2) is 5.73. The summed E-state index contributed by atoms with van der Waals surface area (Å²) >= 11 is 0. The first-order chi connectivity index (χ1) is 6.36. The van der Waals surface area contributed by atoms with E-state index in [1.165, 1.54) is 5.56 Å². The second-order valence-electron chi connectivity index (χ2n) is 3.23. The van der Waals surface area contributed by atoms with Crippen molar-refractivity contribution in [1.82, 2.24) is 10.6 Å². The van der Waals surface area contributed by atoms with Gasteiger partial charge in [0.15, 0.2) is 0 Å². The van der Waals surface area contributed by atoms with Crippen LogP contribution in [-0.2, 0) is 6.42 Å². The first kappa shape index (κ1) is 10.2. The molecule has 0 saturated heterocycles. The molecule has 1 aromatic rings. The molecule has 0 aliphatic heterocycles. The second-order valence-corrected chi connectivity index (χ2v) is 3.23. The molecule has 0 amide bonds. The van der Waals surface area contributed by atoms with Crippen molar-refractivity contribution in [3.63, 3.8) is 0 Å². The summed E-state index contributed by atoms with van der Waals surface area (Å²) in [5, 5.41) is 6.47. The topological polar surface area (TPSA) is 24.1 Å². The largest absolute Gasteiger partial charge is 0.318 e. The van der Waals surface area contributed by atoms with E-state index in [-0.39, 0.29) is 0 Å². The zero-order valence-corrected chi connectivity index (χ0v) is 8.38. The summed E-state index contributed by atoms with van der Waals surface area (Å²) in [6.07, 6.45) is 1.08. The lowest BCUT2D eigenvalue weighted by molar-refractivity contribution is 0.530. The third-order valence-electron chi connectivity index (χ3n) is 2.18. The molecule has 0 unspecified atom stereocenters. The highest BCUT2D eigenvalue weighted by molar-refractivity contribution is 5.15. The van der Waals surface area contributed by atoms with Crippen molar-refractivity contribution in [2.45, 2.75) is 12.5 Å². The zero-order valence-electron chi connectivity index (χ0n) is 8.38. The van der Waals surface area contributed by atoms with Gasteiger partial charge in [-0.1, -0.05) is 30.3 Å². The van der Waals surface area contributed by atoms with Crippen molar-refractivity contribution in [3.05, 3.63) is 35.9 Å². The van der Waals surface area contributed by atoms with Gasteiger partial charge in [-0.3, -0.25) is 0 Å². The maximum atomic E-state index is 3.29. The molecule has 2 N–H and O–H groups in total. The number of benzene rings is 1. The van der Waals surface area contributed by atoms with Crippen molar-refractivity contribution < 1.29 is 0 Å². The van der Waals surface area contributed by atoms with Crippen molar-refractivity contribution >= 4 is 0 Å². The molecule has 1 atom stereocenters. The van der Waals surface area contributed by atoms with E-state index in [4.69, 9.17) is 0 Å². The molecule has 2 heteroatoms. The van der Waals surface area contributed by atoms with Gasteiger partial charge in [0.25, 0.3) is 0 Å². The number of hydrogen-bond donors (Lipinski definition) is 2. The lowest BCUT2D eigenvalue weighted by Crippen LogP contribution is -2.36. The van der Waals surface area contributed by atoms with E-state index in [9.17, 15) is 0 Å². The van der Waals surface area contributed by atoms with Gasteiger partial charge < -0.3 is 10.6 Å². The van der Waals surface area contributed by atoms with E-state index in [1.807, 2.05) is 14.1 Å². The molecule has 0 aromatic heterocycles. The fourth-order valence-electron chi connectivity index (χ4n) is 1.42. The fourth-order valence-corrected chi connectivity index (χ4v) is 1.42. The Morgan fingerprint density at radius 1 is 1.15 bits per heavy atom. The quantitative estimate of drug-likeness (QED) is 0.704. The number of rotatable bonds is 5. The van der Waals surface area contributed by atoms with Crippen LogP contribution in [0.4, 0.5) is 0 Å². The summed E-state index contributed by atoms with van der Waals surface area (Å²) < 4.78 is 0. The summed E-state index contributed by atoms with van der Waals surface area (Å²) in [6, 6.07) is 11.1. The van der Waals surface area contributed by atoms with Crippen LogP contribution in [0.2, 0.25) is 0 Å². The van der Waals surface area contributed by atoms with E-state index in [2.05, 4.69) is 41.0 Å². The molecule has 0 aliphatic carbocycles. The Labute approximate surface area is 80.4 Å². The third-order valence-corrected chi connectivity index (χ3v) is 2.18. The summed E-state index contributed by atoms with van der Waals surface area (Å²) in [7, 11) is 3.99. The van der Waals surface area contributed by atoms with Crippen molar-refractivity contribution in [2.75, 3.05) is 20.6 Å². The van der Waals surface area contributed by atoms with E-state index >= 15 is 0 Å². The Kier molecular flexibility index (Phi) is 4.50. The summed E-state index contributed by atoms with van der Waals surface area (Å²) in [5.41, 5.74) is 1.39. The Bertz CT molecular complexity index is 221. The number of likely N-dealkylation sites (N-methyl/N-ethyl adjacent to an activating group) is 2. The summed E-state index contributed by atoms with van der Waals surface area (Å²) in [5.74, 6) is 0. The van der Waals surface area contributed by atoms with Crippen molar-refractivity contribution in [2.24, 2.45) is 0 Å². The molecule has 1 rings (SSSR count). The molecule has 0 heterocycles. The molecule has 72 valence electrons. The minimum Gasteiger partial charge on any atom is -0.318 e. The molecule has 0 aliphatic rings. The van der Waals surface area contributed by atoms with Gasteiger partial charge in [-0.05, 0) is 26.1 Å². The molecule has 0 bridgehead atoms. The normalized spacial score (nSPS) is 12.8. The van der Waals surface area contributed by atoms with Gasteiger partial charge in [0.05, 0.1) is 0 Å².